The highest BCUT2D eigenvalue weighted by Gasteiger charge is 2.43. The van der Waals surface area contributed by atoms with E-state index in [1.54, 1.807) is 0 Å². The monoisotopic (exact) mass is 272 g/mol. The molecule has 3 unspecified atom stereocenters. The van der Waals surface area contributed by atoms with Crippen molar-refractivity contribution in [1.82, 2.24) is 5.32 Å². The second kappa shape index (κ2) is 5.57. The molecule has 0 aromatic heterocycles. The summed E-state index contributed by atoms with van der Waals surface area (Å²) >= 11 is 0. The number of carbonyl (C=O) groups is 1. The van der Waals surface area contributed by atoms with E-state index in [2.05, 4.69) is 31.3 Å². The van der Waals surface area contributed by atoms with E-state index in [4.69, 9.17) is 0 Å². The van der Waals surface area contributed by atoms with Gasteiger partial charge in [-0.15, -0.1) is 0 Å². The summed E-state index contributed by atoms with van der Waals surface area (Å²) in [5.41, 5.74) is 2.23. The summed E-state index contributed by atoms with van der Waals surface area (Å²) in [7, 11) is 0. The van der Waals surface area contributed by atoms with Gasteiger partial charge in [-0.3, -0.25) is 4.79 Å². The number of hydrogen-bond donors (Lipinski definition) is 1. The van der Waals surface area contributed by atoms with Crippen molar-refractivity contribution in [2.45, 2.75) is 39.2 Å². The van der Waals surface area contributed by atoms with Crippen LogP contribution in [0.2, 0.25) is 0 Å². The fourth-order valence-corrected chi connectivity index (χ4v) is 3.94. The maximum Gasteiger partial charge on any atom is 0.244 e. The van der Waals surface area contributed by atoms with Crippen LogP contribution >= 0.6 is 0 Å². The highest BCUT2D eigenvalue weighted by molar-refractivity contribution is 5.98. The largest absolute Gasteiger partial charge is 0.311 e. The molecular weight excluding hydrogens is 248 g/mol. The molecule has 0 bridgehead atoms. The maximum atomic E-state index is 12.9. The first-order valence-corrected chi connectivity index (χ1v) is 7.82. The van der Waals surface area contributed by atoms with E-state index in [9.17, 15) is 4.79 Å². The van der Waals surface area contributed by atoms with Gasteiger partial charge in [0.05, 0.1) is 6.04 Å². The highest BCUT2D eigenvalue weighted by atomic mass is 16.2. The van der Waals surface area contributed by atoms with Crippen LogP contribution in [0.15, 0.2) is 24.3 Å². The Bertz CT molecular complexity index is 500. The fourth-order valence-electron chi connectivity index (χ4n) is 3.94. The van der Waals surface area contributed by atoms with E-state index in [1.165, 1.54) is 24.8 Å². The number of aryl methyl sites for hydroxylation is 1. The first-order valence-electron chi connectivity index (χ1n) is 7.82. The molecule has 2 aliphatic rings. The number of likely N-dealkylation sites (N-methyl/N-ethyl adjacent to an activating group) is 1. The summed E-state index contributed by atoms with van der Waals surface area (Å²) in [6.07, 6.45) is 3.79. The average molecular weight is 272 g/mol. The minimum absolute atomic E-state index is 0.0297. The van der Waals surface area contributed by atoms with E-state index >= 15 is 0 Å². The minimum Gasteiger partial charge on any atom is -0.311 e. The Morgan fingerprint density at radius 2 is 2.15 bits per heavy atom. The number of nitrogens with zero attached hydrogens (tertiary/aromatic N) is 1. The standard InChI is InChI=1S/C17H24N2O/c1-3-19(15-10-5-4-7-12(15)2)17(20)16-14-9-6-8-13(14)11-18-16/h4-5,7,10,13-14,16,18H,3,6,8-9,11H2,1-2H3. The Morgan fingerprint density at radius 1 is 1.35 bits per heavy atom. The zero-order valence-electron chi connectivity index (χ0n) is 12.4. The summed E-state index contributed by atoms with van der Waals surface area (Å²) in [5.74, 6) is 1.54. The zero-order valence-corrected chi connectivity index (χ0v) is 12.4. The van der Waals surface area contributed by atoms with Gasteiger partial charge in [0.1, 0.15) is 0 Å². The smallest absolute Gasteiger partial charge is 0.244 e. The third-order valence-electron chi connectivity index (χ3n) is 5.00. The molecule has 0 radical (unpaired) electrons. The molecule has 3 heteroatoms. The zero-order chi connectivity index (χ0) is 14.1. The van der Waals surface area contributed by atoms with Crippen LogP contribution in [0, 0.1) is 18.8 Å². The number of benzene rings is 1. The van der Waals surface area contributed by atoms with Crippen LogP contribution in [-0.4, -0.2) is 25.0 Å². The molecule has 1 aliphatic heterocycles. The molecule has 1 amide bonds. The van der Waals surface area contributed by atoms with Crippen LogP contribution in [-0.2, 0) is 4.79 Å². The van der Waals surface area contributed by atoms with Crippen molar-refractivity contribution in [3.05, 3.63) is 29.8 Å². The Labute approximate surface area is 121 Å². The van der Waals surface area contributed by atoms with Crippen molar-refractivity contribution in [3.63, 3.8) is 0 Å². The van der Waals surface area contributed by atoms with E-state index in [-0.39, 0.29) is 11.9 Å². The quantitative estimate of drug-likeness (QED) is 0.917. The van der Waals surface area contributed by atoms with Crippen LogP contribution in [0.25, 0.3) is 0 Å². The molecular formula is C17H24N2O. The first kappa shape index (κ1) is 13.6. The molecule has 20 heavy (non-hydrogen) atoms. The van der Waals surface area contributed by atoms with Gasteiger partial charge in [-0.05, 0) is 56.7 Å². The predicted octanol–water partition coefficient (Wildman–Crippen LogP) is 2.74. The number of rotatable bonds is 3. The Morgan fingerprint density at radius 3 is 2.90 bits per heavy atom. The summed E-state index contributed by atoms with van der Waals surface area (Å²) < 4.78 is 0. The number of carbonyl (C=O) groups excluding carboxylic acids is 1. The molecule has 1 aromatic carbocycles. The normalized spacial score (nSPS) is 28.4. The number of anilines is 1. The number of amides is 1. The average Bonchev–Trinajstić information content (AvgIpc) is 3.04. The number of fused-ring (bicyclic) bond motifs is 1. The third kappa shape index (κ3) is 2.24. The molecule has 1 saturated heterocycles. The lowest BCUT2D eigenvalue weighted by Crippen LogP contribution is -2.46. The van der Waals surface area contributed by atoms with E-state index in [0.29, 0.717) is 5.92 Å². The minimum atomic E-state index is 0.0297. The van der Waals surface area contributed by atoms with Gasteiger partial charge in [0.15, 0.2) is 0 Å². The molecule has 1 aromatic rings. The van der Waals surface area contributed by atoms with Crippen LogP contribution < -0.4 is 10.2 Å². The fraction of sp³-hybridized carbons (Fsp3) is 0.588. The molecule has 1 saturated carbocycles. The number of para-hydroxylation sites is 1. The van der Waals surface area contributed by atoms with Crippen molar-refractivity contribution in [2.24, 2.45) is 11.8 Å². The second-order valence-electron chi connectivity index (χ2n) is 6.11. The lowest BCUT2D eigenvalue weighted by atomic mass is 9.93. The van der Waals surface area contributed by atoms with Crippen molar-refractivity contribution < 1.29 is 4.79 Å². The van der Waals surface area contributed by atoms with Crippen LogP contribution in [0.4, 0.5) is 5.69 Å². The van der Waals surface area contributed by atoms with Crippen molar-refractivity contribution in [3.8, 4) is 0 Å². The summed E-state index contributed by atoms with van der Waals surface area (Å²) in [5, 5.41) is 3.47. The van der Waals surface area contributed by atoms with Gasteiger partial charge in [0.25, 0.3) is 0 Å². The van der Waals surface area contributed by atoms with Gasteiger partial charge in [0.2, 0.25) is 5.91 Å². The molecule has 1 aliphatic carbocycles. The van der Waals surface area contributed by atoms with E-state index in [0.717, 1.165) is 24.7 Å². The Balaban J connectivity index is 1.83. The number of nitrogens with one attached hydrogen (secondary N) is 1. The third-order valence-corrected chi connectivity index (χ3v) is 5.00. The van der Waals surface area contributed by atoms with Crippen LogP contribution in [0.1, 0.15) is 31.7 Å². The number of hydrogen-bond acceptors (Lipinski definition) is 2. The topological polar surface area (TPSA) is 32.3 Å². The van der Waals surface area contributed by atoms with Crippen LogP contribution in [0.3, 0.4) is 0 Å². The molecule has 108 valence electrons. The summed E-state index contributed by atoms with van der Waals surface area (Å²) in [6, 6.07) is 8.20. The first-order chi connectivity index (χ1) is 9.72. The second-order valence-corrected chi connectivity index (χ2v) is 6.11. The SMILES string of the molecule is CCN(C(=O)C1NCC2CCCC21)c1ccccc1C. The van der Waals surface area contributed by atoms with Crippen molar-refractivity contribution in [2.75, 3.05) is 18.0 Å². The van der Waals surface area contributed by atoms with E-state index in [1.807, 2.05) is 17.0 Å². The van der Waals surface area contributed by atoms with Crippen molar-refractivity contribution >= 4 is 11.6 Å². The van der Waals surface area contributed by atoms with Gasteiger partial charge in [0, 0.05) is 12.2 Å². The van der Waals surface area contributed by atoms with E-state index < -0.39 is 0 Å². The van der Waals surface area contributed by atoms with Gasteiger partial charge in [-0.2, -0.15) is 0 Å². The van der Waals surface area contributed by atoms with Gasteiger partial charge < -0.3 is 10.2 Å². The molecule has 1 heterocycles. The predicted molar refractivity (Wildman–Crippen MR) is 81.8 cm³/mol. The molecule has 1 N–H and O–H groups in total. The molecule has 2 fully saturated rings. The van der Waals surface area contributed by atoms with Crippen LogP contribution in [0.5, 0.6) is 0 Å². The van der Waals surface area contributed by atoms with Gasteiger partial charge >= 0.3 is 0 Å². The highest BCUT2D eigenvalue weighted by Crippen LogP contribution is 2.38. The Kier molecular flexibility index (Phi) is 3.79. The summed E-state index contributed by atoms with van der Waals surface area (Å²) in [4.78, 5) is 14.9. The maximum absolute atomic E-state index is 12.9. The molecule has 3 rings (SSSR count). The van der Waals surface area contributed by atoms with Gasteiger partial charge in [-0.25, -0.2) is 0 Å². The lowest BCUT2D eigenvalue weighted by molar-refractivity contribution is -0.121. The summed E-state index contributed by atoms with van der Waals surface area (Å²) in [6.45, 7) is 5.89. The van der Waals surface area contributed by atoms with Crippen molar-refractivity contribution in [1.29, 1.82) is 0 Å². The lowest BCUT2D eigenvalue weighted by Gasteiger charge is -2.28. The molecule has 0 spiro atoms. The Hall–Kier alpha value is -1.35. The molecule has 3 nitrogen and oxygen atoms in total. The van der Waals surface area contributed by atoms with Gasteiger partial charge in [-0.1, -0.05) is 24.6 Å². The molecule has 3 atom stereocenters.